The van der Waals surface area contributed by atoms with E-state index in [9.17, 15) is 0 Å². The average molecular weight is 169 g/mol. The van der Waals surface area contributed by atoms with Crippen LogP contribution in [0.2, 0.25) is 5.15 Å². The molecule has 0 fully saturated rings. The first-order valence-electron chi connectivity index (χ1n) is 3.75. The maximum atomic E-state index is 5.74. The maximum Gasteiger partial charge on any atom is 0.129 e. The summed E-state index contributed by atoms with van der Waals surface area (Å²) in [5.74, 6) is 0. The number of pyridine rings is 1. The molecule has 1 aromatic rings. The van der Waals surface area contributed by atoms with Gasteiger partial charge >= 0.3 is 0 Å². The van der Waals surface area contributed by atoms with E-state index in [-0.39, 0.29) is 0 Å². The zero-order chi connectivity index (χ0) is 7.68. The van der Waals surface area contributed by atoms with Crippen LogP contribution in [0.4, 0.5) is 5.69 Å². The molecule has 11 heavy (non-hydrogen) atoms. The van der Waals surface area contributed by atoms with Gasteiger partial charge in [0, 0.05) is 6.54 Å². The molecule has 1 aliphatic rings. The summed E-state index contributed by atoms with van der Waals surface area (Å²) in [6.07, 6.45) is 2.20. The van der Waals surface area contributed by atoms with Crippen molar-refractivity contribution in [2.45, 2.75) is 12.8 Å². The van der Waals surface area contributed by atoms with Crippen molar-refractivity contribution in [1.29, 1.82) is 0 Å². The first kappa shape index (κ1) is 6.92. The molecule has 0 aromatic carbocycles. The van der Waals surface area contributed by atoms with Gasteiger partial charge in [0.1, 0.15) is 5.15 Å². The Morgan fingerprint density at radius 2 is 2.36 bits per heavy atom. The van der Waals surface area contributed by atoms with Gasteiger partial charge in [-0.1, -0.05) is 11.6 Å². The van der Waals surface area contributed by atoms with Crippen molar-refractivity contribution in [2.24, 2.45) is 0 Å². The van der Waals surface area contributed by atoms with Crippen LogP contribution in [0.15, 0.2) is 12.1 Å². The molecule has 2 heterocycles. The standard InChI is InChI=1S/C8H9ClN2/c9-8-4-3-6-7(11-8)2-1-5-10-6/h3-4,10H,1-2,5H2. The summed E-state index contributed by atoms with van der Waals surface area (Å²) in [4.78, 5) is 4.22. The minimum absolute atomic E-state index is 0.590. The molecule has 0 amide bonds. The Bertz CT molecular complexity index is 273. The van der Waals surface area contributed by atoms with Crippen LogP contribution in [0.1, 0.15) is 12.1 Å². The van der Waals surface area contributed by atoms with Gasteiger partial charge in [0.15, 0.2) is 0 Å². The summed E-state index contributed by atoms with van der Waals surface area (Å²) in [5.41, 5.74) is 2.24. The van der Waals surface area contributed by atoms with Gasteiger partial charge in [0.2, 0.25) is 0 Å². The fraction of sp³-hybridized carbons (Fsp3) is 0.375. The second-order valence-electron chi connectivity index (χ2n) is 2.66. The molecule has 3 heteroatoms. The van der Waals surface area contributed by atoms with Gasteiger partial charge in [0.25, 0.3) is 0 Å². The molecule has 1 N–H and O–H groups in total. The third kappa shape index (κ3) is 1.31. The lowest BCUT2D eigenvalue weighted by Gasteiger charge is -2.16. The third-order valence-corrected chi connectivity index (χ3v) is 2.06. The van der Waals surface area contributed by atoms with E-state index in [2.05, 4.69) is 10.3 Å². The van der Waals surface area contributed by atoms with Crippen molar-refractivity contribution >= 4 is 17.3 Å². The van der Waals surface area contributed by atoms with E-state index >= 15 is 0 Å². The Labute approximate surface area is 70.6 Å². The van der Waals surface area contributed by atoms with Crippen LogP contribution < -0.4 is 5.32 Å². The lowest BCUT2D eigenvalue weighted by molar-refractivity contribution is 0.802. The predicted molar refractivity (Wildman–Crippen MR) is 46.1 cm³/mol. The van der Waals surface area contributed by atoms with Gasteiger partial charge in [-0.2, -0.15) is 0 Å². The monoisotopic (exact) mass is 168 g/mol. The molecule has 0 unspecified atom stereocenters. The molecule has 0 saturated heterocycles. The number of aryl methyl sites for hydroxylation is 1. The van der Waals surface area contributed by atoms with E-state index < -0.39 is 0 Å². The topological polar surface area (TPSA) is 24.9 Å². The minimum atomic E-state index is 0.590. The van der Waals surface area contributed by atoms with Gasteiger partial charge in [-0.25, -0.2) is 4.98 Å². The highest BCUT2D eigenvalue weighted by Gasteiger charge is 2.08. The molecule has 0 atom stereocenters. The van der Waals surface area contributed by atoms with Crippen molar-refractivity contribution in [3.05, 3.63) is 23.0 Å². The molecule has 2 nitrogen and oxygen atoms in total. The number of aromatic nitrogens is 1. The Hall–Kier alpha value is -0.760. The van der Waals surface area contributed by atoms with Crippen LogP contribution in [0.5, 0.6) is 0 Å². The third-order valence-electron chi connectivity index (χ3n) is 1.85. The zero-order valence-corrected chi connectivity index (χ0v) is 6.86. The summed E-state index contributed by atoms with van der Waals surface area (Å²) < 4.78 is 0. The smallest absolute Gasteiger partial charge is 0.129 e. The maximum absolute atomic E-state index is 5.74. The van der Waals surface area contributed by atoms with E-state index in [0.717, 1.165) is 30.8 Å². The van der Waals surface area contributed by atoms with Crippen LogP contribution in [-0.4, -0.2) is 11.5 Å². The van der Waals surface area contributed by atoms with Crippen molar-refractivity contribution in [1.82, 2.24) is 4.98 Å². The van der Waals surface area contributed by atoms with Crippen LogP contribution in [-0.2, 0) is 6.42 Å². The number of rotatable bonds is 0. The Kier molecular flexibility index (Phi) is 1.70. The molecule has 0 saturated carbocycles. The van der Waals surface area contributed by atoms with Crippen molar-refractivity contribution < 1.29 is 0 Å². The van der Waals surface area contributed by atoms with E-state index in [1.807, 2.05) is 12.1 Å². The number of nitrogens with one attached hydrogen (secondary N) is 1. The number of halogens is 1. The first-order chi connectivity index (χ1) is 5.36. The summed E-state index contributed by atoms with van der Waals surface area (Å²) in [7, 11) is 0. The SMILES string of the molecule is Clc1ccc2c(n1)CCCN2. The van der Waals surface area contributed by atoms with E-state index in [4.69, 9.17) is 11.6 Å². The van der Waals surface area contributed by atoms with Crippen LogP contribution in [0, 0.1) is 0 Å². The average Bonchev–Trinajstić information content (AvgIpc) is 2.04. The molecular weight excluding hydrogens is 160 g/mol. The Balaban J connectivity index is 2.43. The zero-order valence-electron chi connectivity index (χ0n) is 6.10. The largest absolute Gasteiger partial charge is 0.384 e. The van der Waals surface area contributed by atoms with Crippen LogP contribution in [0.3, 0.4) is 0 Å². The van der Waals surface area contributed by atoms with E-state index in [0.29, 0.717) is 5.15 Å². The van der Waals surface area contributed by atoms with Crippen LogP contribution in [0.25, 0.3) is 0 Å². The molecule has 58 valence electrons. The highest BCUT2D eigenvalue weighted by Crippen LogP contribution is 2.21. The number of hydrogen-bond acceptors (Lipinski definition) is 2. The fourth-order valence-electron chi connectivity index (χ4n) is 1.31. The summed E-state index contributed by atoms with van der Waals surface area (Å²) in [6, 6.07) is 3.81. The Morgan fingerprint density at radius 3 is 3.27 bits per heavy atom. The normalized spacial score (nSPS) is 15.4. The van der Waals surface area contributed by atoms with Crippen molar-refractivity contribution in [3.63, 3.8) is 0 Å². The fourth-order valence-corrected chi connectivity index (χ4v) is 1.47. The molecule has 0 aliphatic carbocycles. The van der Waals surface area contributed by atoms with Crippen molar-refractivity contribution in [2.75, 3.05) is 11.9 Å². The van der Waals surface area contributed by atoms with E-state index in [1.54, 1.807) is 0 Å². The van der Waals surface area contributed by atoms with Gasteiger partial charge in [-0.15, -0.1) is 0 Å². The quantitative estimate of drug-likeness (QED) is 0.601. The molecule has 1 aromatic heterocycles. The molecular formula is C8H9ClN2. The highest BCUT2D eigenvalue weighted by atomic mass is 35.5. The van der Waals surface area contributed by atoms with Crippen LogP contribution >= 0.6 is 11.6 Å². The number of nitrogens with zero attached hydrogens (tertiary/aromatic N) is 1. The van der Waals surface area contributed by atoms with Gasteiger partial charge in [0.05, 0.1) is 11.4 Å². The molecule has 0 spiro atoms. The molecule has 2 rings (SSSR count). The summed E-state index contributed by atoms with van der Waals surface area (Å²) in [5, 5.41) is 3.86. The van der Waals surface area contributed by atoms with E-state index in [1.165, 1.54) is 0 Å². The van der Waals surface area contributed by atoms with Gasteiger partial charge < -0.3 is 5.32 Å². The molecule has 0 radical (unpaired) electrons. The second-order valence-corrected chi connectivity index (χ2v) is 3.05. The molecule has 0 bridgehead atoms. The van der Waals surface area contributed by atoms with Crippen molar-refractivity contribution in [3.8, 4) is 0 Å². The van der Waals surface area contributed by atoms with Gasteiger partial charge in [-0.05, 0) is 25.0 Å². The number of fused-ring (bicyclic) bond motifs is 1. The summed E-state index contributed by atoms with van der Waals surface area (Å²) >= 11 is 5.74. The Morgan fingerprint density at radius 1 is 1.45 bits per heavy atom. The lowest BCUT2D eigenvalue weighted by atomic mass is 10.1. The summed E-state index contributed by atoms with van der Waals surface area (Å²) in [6.45, 7) is 1.05. The number of hydrogen-bond donors (Lipinski definition) is 1. The van der Waals surface area contributed by atoms with Gasteiger partial charge in [-0.3, -0.25) is 0 Å². The first-order valence-corrected chi connectivity index (χ1v) is 4.13. The molecule has 1 aliphatic heterocycles. The second kappa shape index (κ2) is 2.70. The lowest BCUT2D eigenvalue weighted by Crippen LogP contribution is -2.12. The predicted octanol–water partition coefficient (Wildman–Crippen LogP) is 2.09. The number of anilines is 1. The minimum Gasteiger partial charge on any atom is -0.384 e. The highest BCUT2D eigenvalue weighted by molar-refractivity contribution is 6.29.